The number of nitrogens with zero attached hydrogens (tertiary/aromatic N) is 2. The molecule has 0 radical (unpaired) electrons. The van der Waals surface area contributed by atoms with Gasteiger partial charge in [-0.1, -0.05) is 43.7 Å². The van der Waals surface area contributed by atoms with Gasteiger partial charge in [-0.15, -0.1) is 0 Å². The Labute approximate surface area is 158 Å². The van der Waals surface area contributed by atoms with E-state index in [0.717, 1.165) is 25.7 Å². The summed E-state index contributed by atoms with van der Waals surface area (Å²) in [5.74, 6) is 0.746. The lowest BCUT2D eigenvalue weighted by Gasteiger charge is -2.41. The topological polar surface area (TPSA) is 76.6 Å². The average Bonchev–Trinajstić information content (AvgIpc) is 3.39. The van der Waals surface area contributed by atoms with Gasteiger partial charge in [0, 0.05) is 18.2 Å². The van der Waals surface area contributed by atoms with Crippen LogP contribution in [0.3, 0.4) is 0 Å². The van der Waals surface area contributed by atoms with Crippen LogP contribution in [-0.4, -0.2) is 34.3 Å². The Morgan fingerprint density at radius 2 is 1.59 bits per heavy atom. The van der Waals surface area contributed by atoms with Gasteiger partial charge >= 0.3 is 0 Å². The number of hydrogen-bond acceptors (Lipinski definition) is 5. The number of carbonyl (C=O) groups is 2. The summed E-state index contributed by atoms with van der Waals surface area (Å²) in [4.78, 5) is 26.3. The number of furan rings is 1. The summed E-state index contributed by atoms with van der Waals surface area (Å²) >= 11 is 0. The molecule has 2 aliphatic rings. The van der Waals surface area contributed by atoms with Crippen LogP contribution in [0.1, 0.15) is 85.1 Å². The van der Waals surface area contributed by atoms with Crippen molar-refractivity contribution in [2.45, 2.75) is 76.3 Å². The lowest BCUT2D eigenvalue weighted by atomic mass is 9.88. The van der Waals surface area contributed by atoms with E-state index in [1.54, 1.807) is 12.1 Å². The van der Waals surface area contributed by atoms with Crippen LogP contribution in [0.15, 0.2) is 27.3 Å². The van der Waals surface area contributed by atoms with Crippen molar-refractivity contribution in [3.63, 3.8) is 0 Å². The Morgan fingerprint density at radius 1 is 0.963 bits per heavy atom. The van der Waals surface area contributed by atoms with Gasteiger partial charge in [0.2, 0.25) is 5.76 Å². The Bertz CT molecular complexity index is 764. The molecule has 2 heterocycles. The summed E-state index contributed by atoms with van der Waals surface area (Å²) < 4.78 is 10.7. The minimum absolute atomic E-state index is 0.0361. The van der Waals surface area contributed by atoms with Gasteiger partial charge in [0.15, 0.2) is 17.7 Å². The number of aromatic nitrogens is 1. The molecular weight excluding hydrogens is 344 g/mol. The van der Waals surface area contributed by atoms with Crippen LogP contribution >= 0.6 is 0 Å². The first-order valence-corrected chi connectivity index (χ1v) is 10.1. The van der Waals surface area contributed by atoms with Crippen LogP contribution in [0.2, 0.25) is 0 Å². The van der Waals surface area contributed by atoms with Crippen molar-refractivity contribution >= 4 is 12.2 Å². The molecule has 0 unspecified atom stereocenters. The predicted octanol–water partition coefficient (Wildman–Crippen LogP) is 4.85. The first-order chi connectivity index (χ1) is 13.3. The third kappa shape index (κ3) is 3.84. The number of hydrogen-bond donors (Lipinski definition) is 0. The Morgan fingerprint density at radius 3 is 2.15 bits per heavy atom. The molecule has 0 N–H and O–H groups in total. The normalized spacial score (nSPS) is 19.1. The molecule has 2 aliphatic carbocycles. The number of carbonyl (C=O) groups excluding carboxylic acids is 2. The molecule has 0 aliphatic heterocycles. The van der Waals surface area contributed by atoms with Crippen molar-refractivity contribution in [1.29, 1.82) is 0 Å². The minimum atomic E-state index is -0.0361. The second-order valence-corrected chi connectivity index (χ2v) is 7.73. The van der Waals surface area contributed by atoms with E-state index in [1.807, 2.05) is 0 Å². The second-order valence-electron chi connectivity index (χ2n) is 7.73. The van der Waals surface area contributed by atoms with E-state index in [1.165, 1.54) is 44.8 Å². The first-order valence-electron chi connectivity index (χ1n) is 10.1. The van der Waals surface area contributed by atoms with Crippen molar-refractivity contribution in [1.82, 2.24) is 10.1 Å². The van der Waals surface area contributed by atoms with Gasteiger partial charge in [0.05, 0.1) is 5.56 Å². The van der Waals surface area contributed by atoms with Crippen LogP contribution in [0.25, 0.3) is 11.5 Å². The second kappa shape index (κ2) is 8.11. The molecule has 0 atom stereocenters. The lowest BCUT2D eigenvalue weighted by Crippen LogP contribution is -2.48. The van der Waals surface area contributed by atoms with Crippen molar-refractivity contribution in [2.75, 3.05) is 0 Å². The van der Waals surface area contributed by atoms with Gasteiger partial charge in [-0.2, -0.15) is 0 Å². The monoisotopic (exact) mass is 370 g/mol. The fourth-order valence-corrected chi connectivity index (χ4v) is 4.51. The lowest BCUT2D eigenvalue weighted by molar-refractivity contribution is 0.0438. The van der Waals surface area contributed by atoms with E-state index < -0.39 is 0 Å². The quantitative estimate of drug-likeness (QED) is 0.703. The van der Waals surface area contributed by atoms with E-state index in [4.69, 9.17) is 8.94 Å². The van der Waals surface area contributed by atoms with E-state index in [-0.39, 0.29) is 5.91 Å². The maximum Gasteiger partial charge on any atom is 0.276 e. The Kier molecular flexibility index (Phi) is 5.41. The third-order valence-corrected chi connectivity index (χ3v) is 5.90. The average molecular weight is 370 g/mol. The molecule has 2 saturated carbocycles. The smallest absolute Gasteiger partial charge is 0.276 e. The SMILES string of the molecule is O=Cc1coc(-c2cc(C(=O)N(C3CCCCC3)C3CCCCC3)no2)c1. The molecule has 0 saturated heterocycles. The zero-order chi connectivity index (χ0) is 18.6. The number of rotatable bonds is 5. The fourth-order valence-electron chi connectivity index (χ4n) is 4.51. The molecule has 0 bridgehead atoms. The molecule has 6 nitrogen and oxygen atoms in total. The van der Waals surface area contributed by atoms with Crippen molar-refractivity contribution in [2.24, 2.45) is 0 Å². The molecule has 144 valence electrons. The van der Waals surface area contributed by atoms with Gasteiger partial charge in [-0.05, 0) is 31.7 Å². The fraction of sp³-hybridized carbons (Fsp3) is 0.571. The highest BCUT2D eigenvalue weighted by Crippen LogP contribution is 2.32. The molecule has 0 spiro atoms. The summed E-state index contributed by atoms with van der Waals surface area (Å²) in [5.41, 5.74) is 0.755. The van der Waals surface area contributed by atoms with Gasteiger partial charge < -0.3 is 13.8 Å². The van der Waals surface area contributed by atoms with E-state index >= 15 is 0 Å². The van der Waals surface area contributed by atoms with Crippen LogP contribution in [-0.2, 0) is 0 Å². The van der Waals surface area contributed by atoms with Crippen LogP contribution in [0, 0.1) is 0 Å². The highest BCUT2D eigenvalue weighted by Gasteiger charge is 2.34. The van der Waals surface area contributed by atoms with Crippen LogP contribution in [0.4, 0.5) is 0 Å². The summed E-state index contributed by atoms with van der Waals surface area (Å²) in [6.45, 7) is 0. The van der Waals surface area contributed by atoms with Gasteiger partial charge in [0.25, 0.3) is 5.91 Å². The number of amides is 1. The summed E-state index contributed by atoms with van der Waals surface area (Å²) in [6, 6.07) is 3.83. The van der Waals surface area contributed by atoms with E-state index in [0.29, 0.717) is 41.1 Å². The largest absolute Gasteiger partial charge is 0.460 e. The van der Waals surface area contributed by atoms with Crippen molar-refractivity contribution < 1.29 is 18.5 Å². The molecule has 4 rings (SSSR count). The van der Waals surface area contributed by atoms with Gasteiger partial charge in [0.1, 0.15) is 6.26 Å². The highest BCUT2D eigenvalue weighted by molar-refractivity contribution is 5.93. The third-order valence-electron chi connectivity index (χ3n) is 5.90. The first kappa shape index (κ1) is 18.0. The number of aldehydes is 1. The summed E-state index contributed by atoms with van der Waals surface area (Å²) in [6.07, 6.45) is 13.6. The van der Waals surface area contributed by atoms with E-state index in [2.05, 4.69) is 10.1 Å². The maximum atomic E-state index is 13.4. The standard InChI is InChI=1S/C21H26N2O4/c24-13-15-11-19(26-14-15)20-12-18(22-27-20)21(25)23(16-7-3-1-4-8-16)17-9-5-2-6-10-17/h11-14,16-17H,1-10H2. The summed E-state index contributed by atoms with van der Waals surface area (Å²) in [7, 11) is 0. The van der Waals surface area contributed by atoms with Gasteiger partial charge in [-0.25, -0.2) is 0 Å². The predicted molar refractivity (Wildman–Crippen MR) is 99.5 cm³/mol. The zero-order valence-electron chi connectivity index (χ0n) is 15.6. The molecular formula is C21H26N2O4. The Hall–Kier alpha value is -2.37. The molecule has 2 fully saturated rings. The highest BCUT2D eigenvalue weighted by atomic mass is 16.5. The van der Waals surface area contributed by atoms with E-state index in [9.17, 15) is 9.59 Å². The maximum absolute atomic E-state index is 13.4. The molecule has 6 heteroatoms. The minimum Gasteiger partial charge on any atom is -0.460 e. The van der Waals surface area contributed by atoms with Crippen molar-refractivity contribution in [3.05, 3.63) is 29.7 Å². The van der Waals surface area contributed by atoms with Crippen LogP contribution in [0.5, 0.6) is 0 Å². The van der Waals surface area contributed by atoms with Crippen LogP contribution < -0.4 is 0 Å². The van der Waals surface area contributed by atoms with Crippen molar-refractivity contribution in [3.8, 4) is 11.5 Å². The molecule has 2 aromatic heterocycles. The Balaban J connectivity index is 1.57. The summed E-state index contributed by atoms with van der Waals surface area (Å²) in [5, 5.41) is 4.02. The molecule has 27 heavy (non-hydrogen) atoms. The molecule has 1 amide bonds. The zero-order valence-corrected chi connectivity index (χ0v) is 15.6. The molecule has 0 aromatic carbocycles. The van der Waals surface area contributed by atoms with Gasteiger partial charge in [-0.3, -0.25) is 9.59 Å². The molecule has 2 aromatic rings.